The van der Waals surface area contributed by atoms with E-state index in [0.29, 0.717) is 12.1 Å². The summed E-state index contributed by atoms with van der Waals surface area (Å²) in [5, 5.41) is 0. The zero-order chi connectivity index (χ0) is 19.0. The zero-order valence-corrected chi connectivity index (χ0v) is 15.3. The van der Waals surface area contributed by atoms with Crippen LogP contribution < -0.4 is 4.90 Å². The second-order valence-electron chi connectivity index (χ2n) is 7.02. The van der Waals surface area contributed by atoms with Crippen LogP contribution in [0, 0.1) is 0 Å². The van der Waals surface area contributed by atoms with Crippen LogP contribution in [-0.2, 0) is 22.4 Å². The number of amides is 1. The number of anilines is 1. The molecule has 0 spiro atoms. The number of carbonyl (C=O) groups excluding carboxylic acids is 2. The van der Waals surface area contributed by atoms with Crippen molar-refractivity contribution in [3.8, 4) is 0 Å². The van der Waals surface area contributed by atoms with Gasteiger partial charge in [0.1, 0.15) is 19.0 Å². The smallest absolute Gasteiger partial charge is 0.356 e. The molecule has 2 aliphatic rings. The summed E-state index contributed by atoms with van der Waals surface area (Å²) < 4.78 is 19.0. The summed E-state index contributed by atoms with van der Waals surface area (Å²) in [7, 11) is 0. The first-order valence-electron chi connectivity index (χ1n) is 9.31. The number of benzene rings is 1. The lowest BCUT2D eigenvalue weighted by atomic mass is 9.88. The molecule has 142 valence electrons. The highest BCUT2D eigenvalue weighted by Crippen LogP contribution is 2.38. The van der Waals surface area contributed by atoms with Gasteiger partial charge >= 0.3 is 5.97 Å². The predicted octanol–water partition coefficient (Wildman–Crippen LogP) is 2.84. The maximum atomic E-state index is 12.3. The van der Waals surface area contributed by atoms with E-state index in [-0.39, 0.29) is 18.6 Å². The van der Waals surface area contributed by atoms with Gasteiger partial charge in [-0.1, -0.05) is 12.1 Å². The van der Waals surface area contributed by atoms with E-state index in [4.69, 9.17) is 4.74 Å². The second kappa shape index (κ2) is 7.13. The third-order valence-electron chi connectivity index (χ3n) is 5.38. The topological polar surface area (TPSA) is 64.4 Å². The molecular weight excluding hydrogens is 349 g/mol. The number of nitrogens with zero attached hydrogens (tertiary/aromatic N) is 3. The van der Waals surface area contributed by atoms with Crippen molar-refractivity contribution in [2.75, 3.05) is 24.7 Å². The Morgan fingerprint density at radius 3 is 2.85 bits per heavy atom. The van der Waals surface area contributed by atoms with Gasteiger partial charge in [-0.3, -0.25) is 4.79 Å². The Morgan fingerprint density at radius 1 is 1.30 bits per heavy atom. The maximum Gasteiger partial charge on any atom is 0.356 e. The summed E-state index contributed by atoms with van der Waals surface area (Å²) in [4.78, 5) is 30.4. The van der Waals surface area contributed by atoms with Gasteiger partial charge in [0.25, 0.3) is 0 Å². The number of hydrogen-bond donors (Lipinski definition) is 0. The molecule has 1 unspecified atom stereocenters. The SMILES string of the molecule is CC(c1cc2c3c(c1)CCC(=O)N3CCC2)n1cncc1C(=O)OCCF. The molecule has 1 atom stereocenters. The van der Waals surface area contributed by atoms with E-state index in [1.54, 1.807) is 10.9 Å². The Kier molecular flexibility index (Phi) is 4.68. The van der Waals surface area contributed by atoms with Gasteiger partial charge in [-0.15, -0.1) is 0 Å². The lowest BCUT2D eigenvalue weighted by molar-refractivity contribution is -0.119. The number of aromatic nitrogens is 2. The number of ether oxygens (including phenoxy) is 1. The number of imidazole rings is 1. The Hall–Kier alpha value is -2.70. The van der Waals surface area contributed by atoms with Gasteiger partial charge in [0.15, 0.2) is 0 Å². The Morgan fingerprint density at radius 2 is 2.07 bits per heavy atom. The molecule has 1 aromatic carbocycles. The number of carbonyl (C=O) groups is 2. The molecule has 0 saturated carbocycles. The van der Waals surface area contributed by atoms with Crippen molar-refractivity contribution in [3.05, 3.63) is 47.0 Å². The van der Waals surface area contributed by atoms with Crippen LogP contribution in [0.15, 0.2) is 24.7 Å². The normalized spacial score (nSPS) is 16.8. The van der Waals surface area contributed by atoms with Crippen LogP contribution in [0.2, 0.25) is 0 Å². The summed E-state index contributed by atoms with van der Waals surface area (Å²) in [6, 6.07) is 4.13. The van der Waals surface area contributed by atoms with Gasteiger partial charge in [0.05, 0.1) is 24.3 Å². The van der Waals surface area contributed by atoms with E-state index < -0.39 is 12.6 Å². The van der Waals surface area contributed by atoms with Gasteiger partial charge in [-0.25, -0.2) is 14.2 Å². The largest absolute Gasteiger partial charge is 0.458 e. The number of alkyl halides is 1. The number of hydrogen-bond acceptors (Lipinski definition) is 4. The minimum Gasteiger partial charge on any atom is -0.458 e. The van der Waals surface area contributed by atoms with E-state index in [2.05, 4.69) is 17.1 Å². The first-order valence-corrected chi connectivity index (χ1v) is 9.31. The molecule has 0 saturated heterocycles. The van der Waals surface area contributed by atoms with Crippen LogP contribution in [-0.4, -0.2) is 41.3 Å². The molecule has 2 aromatic rings. The highest BCUT2D eigenvalue weighted by Gasteiger charge is 2.30. The van der Waals surface area contributed by atoms with Gasteiger partial charge < -0.3 is 14.2 Å². The molecule has 1 aromatic heterocycles. The first kappa shape index (κ1) is 17.7. The molecule has 7 heteroatoms. The van der Waals surface area contributed by atoms with Crippen LogP contribution in [0.3, 0.4) is 0 Å². The fraction of sp³-hybridized carbons (Fsp3) is 0.450. The highest BCUT2D eigenvalue weighted by atomic mass is 19.1. The molecule has 2 aliphatic heterocycles. The molecule has 4 rings (SSSR count). The van der Waals surface area contributed by atoms with Crippen LogP contribution >= 0.6 is 0 Å². The van der Waals surface area contributed by atoms with E-state index in [9.17, 15) is 14.0 Å². The van der Waals surface area contributed by atoms with Crippen molar-refractivity contribution in [1.82, 2.24) is 9.55 Å². The third kappa shape index (κ3) is 3.11. The van der Waals surface area contributed by atoms with Gasteiger partial charge in [0, 0.05) is 13.0 Å². The van der Waals surface area contributed by atoms with E-state index in [1.807, 2.05) is 11.8 Å². The van der Waals surface area contributed by atoms with Crippen LogP contribution in [0.25, 0.3) is 0 Å². The van der Waals surface area contributed by atoms with Gasteiger partial charge in [-0.05, 0) is 42.9 Å². The molecule has 0 radical (unpaired) electrons. The van der Waals surface area contributed by atoms with Crippen molar-refractivity contribution in [2.24, 2.45) is 0 Å². The van der Waals surface area contributed by atoms with Crippen molar-refractivity contribution >= 4 is 17.6 Å². The third-order valence-corrected chi connectivity index (χ3v) is 5.38. The average Bonchev–Trinajstić information content (AvgIpc) is 3.18. The van der Waals surface area contributed by atoms with Crippen molar-refractivity contribution < 1.29 is 18.7 Å². The quantitative estimate of drug-likeness (QED) is 0.758. The minimum absolute atomic E-state index is 0.130. The fourth-order valence-electron chi connectivity index (χ4n) is 4.06. The number of rotatable bonds is 5. The van der Waals surface area contributed by atoms with Gasteiger partial charge in [-0.2, -0.15) is 0 Å². The second-order valence-corrected chi connectivity index (χ2v) is 7.02. The predicted molar refractivity (Wildman–Crippen MR) is 97.7 cm³/mol. The van der Waals surface area contributed by atoms with E-state index in [0.717, 1.165) is 37.1 Å². The number of aryl methyl sites for hydroxylation is 2. The lowest BCUT2D eigenvalue weighted by Crippen LogP contribution is -2.39. The standard InChI is InChI=1S/C20H22FN3O3/c1-13(24-12-22-11-17(24)20(26)27-8-6-21)16-9-14-3-2-7-23-18(25)5-4-15(10-16)19(14)23/h9-13H,2-8H2,1H3. The summed E-state index contributed by atoms with van der Waals surface area (Å²) in [6.07, 6.45) is 6.23. The van der Waals surface area contributed by atoms with Crippen molar-refractivity contribution in [2.45, 2.75) is 38.6 Å². The summed E-state index contributed by atoms with van der Waals surface area (Å²) in [5.74, 6) is -0.371. The molecule has 0 N–H and O–H groups in total. The van der Waals surface area contributed by atoms with Crippen LogP contribution in [0.1, 0.15) is 53.0 Å². The summed E-state index contributed by atoms with van der Waals surface area (Å²) >= 11 is 0. The highest BCUT2D eigenvalue weighted by molar-refractivity contribution is 5.97. The van der Waals surface area contributed by atoms with Crippen molar-refractivity contribution in [3.63, 3.8) is 0 Å². The molecule has 27 heavy (non-hydrogen) atoms. The molecule has 3 heterocycles. The van der Waals surface area contributed by atoms with Crippen LogP contribution in [0.5, 0.6) is 0 Å². The molecule has 0 fully saturated rings. The molecule has 6 nitrogen and oxygen atoms in total. The monoisotopic (exact) mass is 371 g/mol. The fourth-order valence-corrected chi connectivity index (χ4v) is 4.06. The Bertz CT molecular complexity index is 875. The Labute approximate surface area is 156 Å². The molecule has 0 aliphatic carbocycles. The van der Waals surface area contributed by atoms with Crippen molar-refractivity contribution in [1.29, 1.82) is 0 Å². The minimum atomic E-state index is -0.709. The van der Waals surface area contributed by atoms with E-state index in [1.165, 1.54) is 17.3 Å². The van der Waals surface area contributed by atoms with Crippen LogP contribution in [0.4, 0.5) is 10.1 Å². The Balaban J connectivity index is 1.68. The maximum absolute atomic E-state index is 12.3. The number of esters is 1. The first-order chi connectivity index (χ1) is 13.1. The average molecular weight is 371 g/mol. The molecule has 1 amide bonds. The molecule has 0 bridgehead atoms. The zero-order valence-electron chi connectivity index (χ0n) is 15.3. The molecular formula is C20H22FN3O3. The number of halogens is 1. The summed E-state index contributed by atoms with van der Waals surface area (Å²) in [5.41, 5.74) is 4.84. The summed E-state index contributed by atoms with van der Waals surface area (Å²) in [6.45, 7) is 1.82. The van der Waals surface area contributed by atoms with Gasteiger partial charge in [0.2, 0.25) is 5.91 Å². The van der Waals surface area contributed by atoms with E-state index >= 15 is 0 Å². The lowest BCUT2D eigenvalue weighted by Gasteiger charge is -2.36.